The number of Topliss-reactive ketones (excluding diaryl/α,β-unsaturated/α-hetero) is 1. The van der Waals surface area contributed by atoms with Gasteiger partial charge in [0, 0.05) is 16.9 Å². The summed E-state index contributed by atoms with van der Waals surface area (Å²) in [6, 6.07) is 0. The quantitative estimate of drug-likeness (QED) is 0.558. The van der Waals surface area contributed by atoms with Crippen molar-refractivity contribution in [3.63, 3.8) is 0 Å². The maximum atomic E-state index is 12.2. The van der Waals surface area contributed by atoms with Crippen molar-refractivity contribution in [3.8, 4) is 0 Å². The van der Waals surface area contributed by atoms with Gasteiger partial charge in [-0.3, -0.25) is 9.59 Å². The summed E-state index contributed by atoms with van der Waals surface area (Å²) >= 11 is 0. The summed E-state index contributed by atoms with van der Waals surface area (Å²) < 4.78 is 6.57. The van der Waals surface area contributed by atoms with Crippen molar-refractivity contribution in [3.05, 3.63) is 34.8 Å². The van der Waals surface area contributed by atoms with Crippen LogP contribution in [-0.4, -0.2) is 22.8 Å². The zero-order valence-electron chi connectivity index (χ0n) is 16.1. The van der Waals surface area contributed by atoms with Gasteiger partial charge in [-0.1, -0.05) is 34.1 Å². The van der Waals surface area contributed by atoms with Crippen LogP contribution in [0.15, 0.2) is 34.8 Å². The van der Waals surface area contributed by atoms with E-state index >= 15 is 0 Å². The van der Waals surface area contributed by atoms with E-state index in [0.717, 1.165) is 19.3 Å². The Labute approximate surface area is 155 Å². The van der Waals surface area contributed by atoms with Gasteiger partial charge >= 0.3 is 0 Å². The third-order valence-electron chi connectivity index (χ3n) is 7.78. The Morgan fingerprint density at radius 1 is 1.23 bits per heavy atom. The fraction of sp³-hybridized carbons (Fsp3) is 0.636. The molecule has 2 fully saturated rings. The highest BCUT2D eigenvalue weighted by molar-refractivity contribution is 6.21. The van der Waals surface area contributed by atoms with Crippen LogP contribution in [0.3, 0.4) is 0 Å². The minimum atomic E-state index is -0.640. The number of hydrogen-bond acceptors (Lipinski definition) is 4. The highest BCUT2D eigenvalue weighted by Crippen LogP contribution is 2.66. The largest absolute Gasteiger partial charge is 0.504 e. The highest BCUT2D eigenvalue weighted by atomic mass is 16.5. The Morgan fingerprint density at radius 2 is 1.96 bits per heavy atom. The Balaban J connectivity index is 1.89. The molecule has 0 saturated heterocycles. The fourth-order valence-electron chi connectivity index (χ4n) is 6.45. The van der Waals surface area contributed by atoms with Crippen molar-refractivity contribution in [2.75, 3.05) is 0 Å². The zero-order valence-corrected chi connectivity index (χ0v) is 16.1. The molecule has 0 amide bonds. The second-order valence-electron chi connectivity index (χ2n) is 9.50. The molecule has 4 heteroatoms. The van der Waals surface area contributed by atoms with Crippen LogP contribution in [0, 0.1) is 22.7 Å². The Hall–Kier alpha value is -1.84. The zero-order chi connectivity index (χ0) is 18.9. The Kier molecular flexibility index (Phi) is 3.61. The minimum Gasteiger partial charge on any atom is -0.504 e. The van der Waals surface area contributed by atoms with E-state index in [4.69, 9.17) is 4.74 Å². The van der Waals surface area contributed by atoms with Gasteiger partial charge in [0.05, 0.1) is 0 Å². The third-order valence-corrected chi connectivity index (χ3v) is 7.78. The second kappa shape index (κ2) is 5.34. The number of aldehydes is 1. The van der Waals surface area contributed by atoms with E-state index < -0.39 is 11.4 Å². The third kappa shape index (κ3) is 2.02. The van der Waals surface area contributed by atoms with Gasteiger partial charge in [0.2, 0.25) is 5.78 Å². The van der Waals surface area contributed by atoms with Crippen LogP contribution in [0.5, 0.6) is 0 Å². The first-order chi connectivity index (χ1) is 12.2. The van der Waals surface area contributed by atoms with Crippen molar-refractivity contribution in [1.82, 2.24) is 0 Å². The highest BCUT2D eigenvalue weighted by Gasteiger charge is 2.64. The molecule has 1 aliphatic heterocycles. The van der Waals surface area contributed by atoms with Crippen LogP contribution in [0.25, 0.3) is 0 Å². The predicted octanol–water partition coefficient (Wildman–Crippen LogP) is 4.42. The number of hydrogen-bond donors (Lipinski definition) is 1. The predicted molar refractivity (Wildman–Crippen MR) is 98.3 cm³/mol. The van der Waals surface area contributed by atoms with E-state index in [-0.39, 0.29) is 28.1 Å². The lowest BCUT2D eigenvalue weighted by Gasteiger charge is -2.62. The lowest BCUT2D eigenvalue weighted by Crippen LogP contribution is -2.61. The minimum absolute atomic E-state index is 0.0545. The topological polar surface area (TPSA) is 63.6 Å². The van der Waals surface area contributed by atoms with E-state index in [0.29, 0.717) is 23.5 Å². The molecule has 0 unspecified atom stereocenters. The second-order valence-corrected chi connectivity index (χ2v) is 9.50. The number of allylic oxidation sites excluding steroid dienone is 2. The normalized spacial score (nSPS) is 41.2. The first kappa shape index (κ1) is 17.6. The van der Waals surface area contributed by atoms with E-state index in [1.807, 2.05) is 0 Å². The molecule has 3 aliphatic carbocycles. The molecule has 4 aliphatic rings. The fourth-order valence-corrected chi connectivity index (χ4v) is 6.45. The molecule has 4 rings (SSSR count). The summed E-state index contributed by atoms with van der Waals surface area (Å²) in [7, 11) is 0. The van der Waals surface area contributed by atoms with E-state index in [2.05, 4.69) is 33.8 Å². The van der Waals surface area contributed by atoms with Crippen LogP contribution in [-0.2, 0) is 14.3 Å². The van der Waals surface area contributed by atoms with Crippen LogP contribution >= 0.6 is 0 Å². The van der Waals surface area contributed by atoms with Gasteiger partial charge in [0.1, 0.15) is 16.9 Å². The number of carbonyl (C=O) groups is 2. The Bertz CT molecular complexity index is 784. The molecule has 1 spiro atoms. The van der Waals surface area contributed by atoms with Crippen LogP contribution in [0.4, 0.5) is 0 Å². The summed E-state index contributed by atoms with van der Waals surface area (Å²) in [6.45, 7) is 9.26. The molecule has 4 atom stereocenters. The molecule has 4 nitrogen and oxygen atoms in total. The molecule has 2 saturated carbocycles. The number of carbonyl (C=O) groups excluding carboxylic acids is 2. The first-order valence-corrected chi connectivity index (χ1v) is 9.73. The number of fused-ring (bicyclic) bond motifs is 3. The van der Waals surface area contributed by atoms with Crippen molar-refractivity contribution in [2.24, 2.45) is 22.7 Å². The van der Waals surface area contributed by atoms with E-state index in [9.17, 15) is 14.7 Å². The lowest BCUT2D eigenvalue weighted by molar-refractivity contribution is -0.184. The summed E-state index contributed by atoms with van der Waals surface area (Å²) in [4.78, 5) is 23.8. The van der Waals surface area contributed by atoms with Gasteiger partial charge in [0.25, 0.3) is 0 Å². The van der Waals surface area contributed by atoms with Crippen molar-refractivity contribution >= 4 is 12.1 Å². The van der Waals surface area contributed by atoms with Gasteiger partial charge in [-0.05, 0) is 49.2 Å². The van der Waals surface area contributed by atoms with Crippen LogP contribution in [0.1, 0.15) is 59.8 Å². The molecule has 1 heterocycles. The molecule has 0 bridgehead atoms. The van der Waals surface area contributed by atoms with Gasteiger partial charge in [0.15, 0.2) is 12.0 Å². The maximum absolute atomic E-state index is 12.2. The number of ketones is 1. The number of aliphatic hydroxyl groups is 1. The molecule has 1 N–H and O–H groups in total. The lowest BCUT2D eigenvalue weighted by atomic mass is 9.45. The van der Waals surface area contributed by atoms with Gasteiger partial charge < -0.3 is 9.84 Å². The average Bonchev–Trinajstić information content (AvgIpc) is 2.94. The number of aliphatic hydroxyl groups excluding tert-OH is 1. The number of rotatable bonds is 1. The van der Waals surface area contributed by atoms with E-state index in [1.54, 1.807) is 0 Å². The first-order valence-electron chi connectivity index (χ1n) is 9.73. The van der Waals surface area contributed by atoms with Crippen molar-refractivity contribution in [2.45, 2.75) is 65.4 Å². The molecule has 0 radical (unpaired) electrons. The molecular weight excluding hydrogens is 328 g/mol. The molecule has 0 aromatic rings. The summed E-state index contributed by atoms with van der Waals surface area (Å²) in [5, 5.41) is 9.98. The van der Waals surface area contributed by atoms with Gasteiger partial charge in [-0.2, -0.15) is 0 Å². The molecular formula is C22H28O4. The molecule has 26 heavy (non-hydrogen) atoms. The molecule has 0 aromatic carbocycles. The summed E-state index contributed by atoms with van der Waals surface area (Å²) in [6.07, 6.45) is 9.77. The number of ether oxygens (including phenoxy) is 1. The standard InChI is InChI=1S/C22H28O4/c1-13-6-7-17-20(2,3)8-5-9-21(17,4)22(13)11-14-10-16(24)18(25)15(12-23)19(14)26-22/h10-13,17,24H,5-9H2,1-4H3/t13-,17+,21+,22-/m1/s1. The van der Waals surface area contributed by atoms with Crippen LogP contribution in [0.2, 0.25) is 0 Å². The van der Waals surface area contributed by atoms with E-state index in [1.165, 1.54) is 18.9 Å². The van der Waals surface area contributed by atoms with Crippen molar-refractivity contribution < 1.29 is 19.4 Å². The monoisotopic (exact) mass is 356 g/mol. The van der Waals surface area contributed by atoms with Crippen LogP contribution < -0.4 is 0 Å². The SMILES string of the molecule is C[C@@H]1CC[C@H]2C(C)(C)CCC[C@]2(C)[C@@]12C=C1C=C(O)C(=O)C(C=O)=C1O2. The summed E-state index contributed by atoms with van der Waals surface area (Å²) in [5.74, 6) is 0.141. The van der Waals surface area contributed by atoms with Gasteiger partial charge in [-0.25, -0.2) is 0 Å². The Morgan fingerprint density at radius 3 is 2.65 bits per heavy atom. The maximum Gasteiger partial charge on any atom is 0.234 e. The average molecular weight is 356 g/mol. The van der Waals surface area contributed by atoms with Crippen molar-refractivity contribution in [1.29, 1.82) is 0 Å². The molecule has 0 aromatic heterocycles. The molecule has 140 valence electrons. The summed E-state index contributed by atoms with van der Waals surface area (Å²) in [5.41, 5.74) is 0.270. The van der Waals surface area contributed by atoms with Gasteiger partial charge in [-0.15, -0.1) is 0 Å². The smallest absolute Gasteiger partial charge is 0.234 e.